The van der Waals surface area contributed by atoms with Gasteiger partial charge < -0.3 is 4.90 Å². The van der Waals surface area contributed by atoms with Crippen molar-refractivity contribution in [2.45, 2.75) is 4.90 Å². The van der Waals surface area contributed by atoms with Crippen LogP contribution < -0.4 is 9.80 Å². The number of para-hydroxylation sites is 2. The van der Waals surface area contributed by atoms with Crippen LogP contribution in [0.2, 0.25) is 0 Å². The lowest BCUT2D eigenvalue weighted by atomic mass is 10.2. The molecule has 1 heterocycles. The number of anilines is 2. The van der Waals surface area contributed by atoms with Crippen LogP contribution in [-0.4, -0.2) is 18.9 Å². The molecule has 2 amide bonds. The van der Waals surface area contributed by atoms with E-state index in [-0.39, 0.29) is 16.3 Å². The Morgan fingerprint density at radius 2 is 1.38 bits per heavy atom. The number of hydrogen-bond donors (Lipinski definition) is 0. The first-order chi connectivity index (χ1) is 14.1. The number of carbonyl (C=O) groups excluding carboxylic acids is 2. The number of benzene rings is 3. The summed E-state index contributed by atoms with van der Waals surface area (Å²) in [7, 11) is 1.73. The van der Waals surface area contributed by atoms with Crippen molar-refractivity contribution in [1.29, 1.82) is 0 Å². The minimum Gasteiger partial charge on any atom is -0.339 e. The second-order valence-corrected chi connectivity index (χ2v) is 7.47. The normalized spacial score (nSPS) is 13.9. The topological polar surface area (TPSA) is 40.6 Å². The van der Waals surface area contributed by atoms with Gasteiger partial charge in [0.1, 0.15) is 16.4 Å². The van der Waals surface area contributed by atoms with Crippen LogP contribution in [0.25, 0.3) is 0 Å². The van der Waals surface area contributed by atoms with Crippen molar-refractivity contribution in [2.24, 2.45) is 0 Å². The van der Waals surface area contributed by atoms with E-state index in [2.05, 4.69) is 0 Å². The van der Waals surface area contributed by atoms with Gasteiger partial charge in [-0.25, -0.2) is 9.29 Å². The number of halogens is 1. The summed E-state index contributed by atoms with van der Waals surface area (Å²) in [5, 5.41) is 0. The Kier molecular flexibility index (Phi) is 5.18. The quantitative estimate of drug-likeness (QED) is 0.571. The summed E-state index contributed by atoms with van der Waals surface area (Å²) < 4.78 is 14.4. The van der Waals surface area contributed by atoms with Gasteiger partial charge in [0.05, 0.1) is 5.69 Å². The third-order valence-corrected chi connectivity index (χ3v) is 5.63. The molecule has 1 aliphatic rings. The highest BCUT2D eigenvalue weighted by atomic mass is 32.2. The Labute approximate surface area is 172 Å². The van der Waals surface area contributed by atoms with Crippen LogP contribution in [0.4, 0.5) is 15.8 Å². The van der Waals surface area contributed by atoms with Crippen LogP contribution in [0.15, 0.2) is 100 Å². The van der Waals surface area contributed by atoms with Crippen LogP contribution >= 0.6 is 11.8 Å². The largest absolute Gasteiger partial charge is 0.339 e. The maximum absolute atomic E-state index is 14.4. The molecule has 0 aromatic heterocycles. The van der Waals surface area contributed by atoms with Gasteiger partial charge in [-0.15, -0.1) is 0 Å². The van der Waals surface area contributed by atoms with E-state index in [4.69, 9.17) is 0 Å². The van der Waals surface area contributed by atoms with Crippen LogP contribution in [0.1, 0.15) is 0 Å². The summed E-state index contributed by atoms with van der Waals surface area (Å²) in [6, 6.07) is 24.4. The minimum atomic E-state index is -0.623. The highest BCUT2D eigenvalue weighted by Gasteiger charge is 2.42. The first-order valence-electron chi connectivity index (χ1n) is 8.97. The Morgan fingerprint density at radius 3 is 2.03 bits per heavy atom. The molecule has 0 saturated heterocycles. The van der Waals surface area contributed by atoms with Crippen molar-refractivity contribution in [3.63, 3.8) is 0 Å². The molecule has 29 heavy (non-hydrogen) atoms. The lowest BCUT2D eigenvalue weighted by molar-refractivity contribution is -0.120. The zero-order valence-corrected chi connectivity index (χ0v) is 16.4. The van der Waals surface area contributed by atoms with Crippen molar-refractivity contribution in [3.05, 3.63) is 101 Å². The summed E-state index contributed by atoms with van der Waals surface area (Å²) in [4.78, 5) is 30.2. The fourth-order valence-corrected chi connectivity index (χ4v) is 4.15. The third kappa shape index (κ3) is 3.54. The van der Waals surface area contributed by atoms with E-state index >= 15 is 0 Å². The Balaban J connectivity index is 1.82. The fourth-order valence-electron chi connectivity index (χ4n) is 3.12. The van der Waals surface area contributed by atoms with E-state index in [1.54, 1.807) is 18.0 Å². The van der Waals surface area contributed by atoms with E-state index in [1.807, 2.05) is 60.7 Å². The van der Waals surface area contributed by atoms with Gasteiger partial charge in [-0.1, -0.05) is 60.3 Å². The molecule has 3 aromatic rings. The number of hydrogen-bond acceptors (Lipinski definition) is 4. The molecule has 6 heteroatoms. The summed E-state index contributed by atoms with van der Waals surface area (Å²) in [5.41, 5.74) is 0.925. The average Bonchev–Trinajstić information content (AvgIpc) is 2.99. The highest BCUT2D eigenvalue weighted by Crippen LogP contribution is 2.39. The molecular formula is C23H17FN2O2S. The van der Waals surface area contributed by atoms with Crippen molar-refractivity contribution in [1.82, 2.24) is 0 Å². The summed E-state index contributed by atoms with van der Waals surface area (Å²) in [5.74, 6) is -1.71. The first kappa shape index (κ1) is 19.0. The van der Waals surface area contributed by atoms with Crippen molar-refractivity contribution >= 4 is 35.0 Å². The highest BCUT2D eigenvalue weighted by molar-refractivity contribution is 8.04. The van der Waals surface area contributed by atoms with E-state index in [0.29, 0.717) is 0 Å². The molecule has 144 valence electrons. The maximum Gasteiger partial charge on any atom is 0.283 e. The summed E-state index contributed by atoms with van der Waals surface area (Å²) in [6.07, 6.45) is 0. The molecule has 0 bridgehead atoms. The summed E-state index contributed by atoms with van der Waals surface area (Å²) in [6.45, 7) is 0. The molecule has 0 saturated carbocycles. The third-order valence-electron chi connectivity index (χ3n) is 4.55. The van der Waals surface area contributed by atoms with Gasteiger partial charge in [-0.05, 0) is 36.4 Å². The number of amides is 2. The zero-order valence-electron chi connectivity index (χ0n) is 15.6. The fraction of sp³-hybridized carbons (Fsp3) is 0.0435. The molecular weight excluding hydrogens is 387 g/mol. The number of thioether (sulfide) groups is 1. The smallest absolute Gasteiger partial charge is 0.283 e. The number of imide groups is 1. The molecule has 0 radical (unpaired) electrons. The van der Waals surface area contributed by atoms with Crippen molar-refractivity contribution in [3.8, 4) is 0 Å². The molecule has 0 N–H and O–H groups in total. The first-order valence-corrected chi connectivity index (χ1v) is 9.79. The molecule has 4 nitrogen and oxygen atoms in total. The predicted molar refractivity (Wildman–Crippen MR) is 113 cm³/mol. The molecule has 0 unspecified atom stereocenters. The molecule has 3 aromatic carbocycles. The van der Waals surface area contributed by atoms with E-state index in [9.17, 15) is 14.0 Å². The van der Waals surface area contributed by atoms with Crippen LogP contribution in [-0.2, 0) is 9.59 Å². The monoisotopic (exact) mass is 404 g/mol. The van der Waals surface area contributed by atoms with Gasteiger partial charge in [-0.2, -0.15) is 0 Å². The Hall–Kier alpha value is -3.38. The second kappa shape index (κ2) is 7.93. The lowest BCUT2D eigenvalue weighted by Crippen LogP contribution is -2.34. The van der Waals surface area contributed by atoms with Gasteiger partial charge in [0.2, 0.25) is 0 Å². The number of nitrogens with zero attached hydrogens (tertiary/aromatic N) is 2. The van der Waals surface area contributed by atoms with Crippen LogP contribution in [0, 0.1) is 5.82 Å². The van der Waals surface area contributed by atoms with Crippen LogP contribution in [0.5, 0.6) is 0 Å². The van der Waals surface area contributed by atoms with Gasteiger partial charge >= 0.3 is 0 Å². The van der Waals surface area contributed by atoms with Gasteiger partial charge in [0, 0.05) is 17.6 Å². The SMILES string of the molecule is CN(C1=C(Sc2ccccc2)C(=O)N(c2ccccc2F)C1=O)c1ccccc1. The average molecular weight is 404 g/mol. The second-order valence-electron chi connectivity index (χ2n) is 6.38. The molecule has 4 rings (SSSR count). The van der Waals surface area contributed by atoms with Crippen molar-refractivity contribution in [2.75, 3.05) is 16.8 Å². The number of likely N-dealkylation sites (N-methyl/N-ethyl adjacent to an activating group) is 1. The number of carbonyl (C=O) groups is 2. The van der Waals surface area contributed by atoms with Crippen LogP contribution in [0.3, 0.4) is 0 Å². The lowest BCUT2D eigenvalue weighted by Gasteiger charge is -2.21. The van der Waals surface area contributed by atoms with Gasteiger partial charge in [0.25, 0.3) is 11.8 Å². The van der Waals surface area contributed by atoms with E-state index < -0.39 is 17.6 Å². The van der Waals surface area contributed by atoms with Crippen molar-refractivity contribution < 1.29 is 14.0 Å². The molecule has 0 fully saturated rings. The summed E-state index contributed by atoms with van der Waals surface area (Å²) >= 11 is 1.20. The van der Waals surface area contributed by atoms with Gasteiger partial charge in [0.15, 0.2) is 0 Å². The number of rotatable bonds is 5. The molecule has 0 spiro atoms. The molecule has 0 aliphatic carbocycles. The Morgan fingerprint density at radius 1 is 0.793 bits per heavy atom. The van der Waals surface area contributed by atoms with Gasteiger partial charge in [-0.3, -0.25) is 9.59 Å². The van der Waals surface area contributed by atoms with E-state index in [0.717, 1.165) is 15.5 Å². The standard InChI is InChI=1S/C23H17FN2O2S/c1-25(16-10-4-2-5-11-16)20-21(29-17-12-6-3-7-13-17)23(28)26(22(20)27)19-15-9-8-14-18(19)24/h2-15H,1H3. The molecule has 1 aliphatic heterocycles. The molecule has 0 atom stereocenters. The zero-order chi connectivity index (χ0) is 20.4. The minimum absolute atomic E-state index is 0.0508. The Bertz CT molecular complexity index is 1100. The maximum atomic E-state index is 14.4. The van der Waals surface area contributed by atoms with E-state index in [1.165, 1.54) is 30.0 Å². The predicted octanol–water partition coefficient (Wildman–Crippen LogP) is 4.84.